The lowest BCUT2D eigenvalue weighted by Gasteiger charge is -2.25. The lowest BCUT2D eigenvalue weighted by Crippen LogP contribution is -2.38. The lowest BCUT2D eigenvalue weighted by atomic mass is 10.0. The number of thioether (sulfide) groups is 1. The second-order valence-corrected chi connectivity index (χ2v) is 5.82. The Kier molecular flexibility index (Phi) is 3.97. The van der Waals surface area contributed by atoms with Crippen LogP contribution >= 0.6 is 11.8 Å². The Hall–Kier alpha value is -1.88. The van der Waals surface area contributed by atoms with Gasteiger partial charge in [0.05, 0.1) is 18.6 Å². The van der Waals surface area contributed by atoms with E-state index in [4.69, 9.17) is 4.42 Å². The van der Waals surface area contributed by atoms with E-state index in [1.165, 1.54) is 10.5 Å². The van der Waals surface area contributed by atoms with Gasteiger partial charge in [-0.2, -0.15) is 0 Å². The predicted octanol–water partition coefficient (Wildman–Crippen LogP) is 3.32. The third-order valence-corrected chi connectivity index (χ3v) is 4.42. The highest BCUT2D eigenvalue weighted by molar-refractivity contribution is 7.99. The molecule has 2 heterocycles. The van der Waals surface area contributed by atoms with Gasteiger partial charge in [-0.05, 0) is 24.1 Å². The minimum absolute atomic E-state index is 0.0943. The molecule has 3 rings (SSSR count). The Morgan fingerprint density at radius 3 is 3.10 bits per heavy atom. The fourth-order valence-electron chi connectivity index (χ4n) is 2.28. The molecule has 0 spiro atoms. The van der Waals surface area contributed by atoms with Gasteiger partial charge in [-0.3, -0.25) is 0 Å². The Morgan fingerprint density at radius 1 is 1.35 bits per heavy atom. The summed E-state index contributed by atoms with van der Waals surface area (Å²) in [6, 6.07) is 10.0. The van der Waals surface area contributed by atoms with Gasteiger partial charge in [0, 0.05) is 22.8 Å². The second-order valence-electron chi connectivity index (χ2n) is 4.69. The van der Waals surface area contributed by atoms with E-state index < -0.39 is 0 Å². The van der Waals surface area contributed by atoms with Gasteiger partial charge in [-0.1, -0.05) is 18.2 Å². The fraction of sp³-hybridized carbons (Fsp3) is 0.267. The van der Waals surface area contributed by atoms with Crippen molar-refractivity contribution in [2.45, 2.75) is 23.9 Å². The van der Waals surface area contributed by atoms with Crippen LogP contribution in [0.2, 0.25) is 0 Å². The normalized spacial score (nSPS) is 17.3. The van der Waals surface area contributed by atoms with Gasteiger partial charge in [0.25, 0.3) is 0 Å². The van der Waals surface area contributed by atoms with Crippen LogP contribution in [0.15, 0.2) is 52.2 Å². The first-order chi connectivity index (χ1) is 9.83. The van der Waals surface area contributed by atoms with Crippen LogP contribution in [0, 0.1) is 0 Å². The number of benzene rings is 1. The molecule has 20 heavy (non-hydrogen) atoms. The Balaban J connectivity index is 1.59. The number of rotatable bonds is 3. The highest BCUT2D eigenvalue weighted by atomic mass is 32.2. The topological polar surface area (TPSA) is 54.3 Å². The van der Waals surface area contributed by atoms with Crippen molar-refractivity contribution in [2.24, 2.45) is 0 Å². The molecule has 1 aromatic heterocycles. The van der Waals surface area contributed by atoms with E-state index in [1.807, 2.05) is 30.0 Å². The summed E-state index contributed by atoms with van der Waals surface area (Å²) >= 11 is 1.85. The molecule has 2 aromatic rings. The van der Waals surface area contributed by atoms with Crippen molar-refractivity contribution in [3.05, 3.63) is 54.0 Å². The van der Waals surface area contributed by atoms with Crippen LogP contribution in [0.5, 0.6) is 0 Å². The molecular formula is C15H16N2O2S. The summed E-state index contributed by atoms with van der Waals surface area (Å²) in [6.07, 6.45) is 4.19. The standard InChI is InChI=1S/C15H16N2O2S/c18-15(16-9-11-5-7-19-10-11)17-13-6-8-20-14-4-2-1-3-12(13)14/h1-5,7,10,13H,6,8-9H2,(H2,16,17,18)/t13-/m0/s1. The summed E-state index contributed by atoms with van der Waals surface area (Å²) in [5, 5.41) is 5.89. The van der Waals surface area contributed by atoms with E-state index in [9.17, 15) is 4.79 Å². The highest BCUT2D eigenvalue weighted by Gasteiger charge is 2.21. The first-order valence-corrected chi connectivity index (χ1v) is 7.58. The monoisotopic (exact) mass is 288 g/mol. The van der Waals surface area contributed by atoms with E-state index in [-0.39, 0.29) is 12.1 Å². The number of urea groups is 1. The lowest BCUT2D eigenvalue weighted by molar-refractivity contribution is 0.236. The molecule has 2 N–H and O–H groups in total. The molecule has 1 aromatic carbocycles. The van der Waals surface area contributed by atoms with Gasteiger partial charge < -0.3 is 15.1 Å². The van der Waals surface area contributed by atoms with Crippen LogP contribution in [0.4, 0.5) is 4.79 Å². The van der Waals surface area contributed by atoms with Gasteiger partial charge >= 0.3 is 6.03 Å². The minimum Gasteiger partial charge on any atom is -0.472 e. The molecule has 0 bridgehead atoms. The number of carbonyl (C=O) groups is 1. The Morgan fingerprint density at radius 2 is 2.25 bits per heavy atom. The van der Waals surface area contributed by atoms with Crippen molar-refractivity contribution in [3.8, 4) is 0 Å². The van der Waals surface area contributed by atoms with Gasteiger partial charge in [0.2, 0.25) is 0 Å². The molecule has 2 amide bonds. The van der Waals surface area contributed by atoms with E-state index in [0.29, 0.717) is 6.54 Å². The van der Waals surface area contributed by atoms with E-state index in [1.54, 1.807) is 12.5 Å². The Labute approximate surface area is 121 Å². The zero-order valence-corrected chi connectivity index (χ0v) is 11.8. The van der Waals surface area contributed by atoms with Crippen molar-refractivity contribution in [2.75, 3.05) is 5.75 Å². The zero-order valence-electron chi connectivity index (χ0n) is 11.0. The summed E-state index contributed by atoms with van der Waals surface area (Å²) < 4.78 is 4.97. The van der Waals surface area contributed by atoms with Gasteiger partial charge in [-0.15, -0.1) is 11.8 Å². The molecule has 0 radical (unpaired) electrons. The van der Waals surface area contributed by atoms with Crippen molar-refractivity contribution in [1.82, 2.24) is 10.6 Å². The number of amides is 2. The average Bonchev–Trinajstić information content (AvgIpc) is 2.99. The fourth-order valence-corrected chi connectivity index (χ4v) is 3.40. The van der Waals surface area contributed by atoms with Crippen LogP contribution in [-0.2, 0) is 6.54 Å². The SMILES string of the molecule is O=C(NCc1ccoc1)N[C@H]1CCSc2ccccc21. The molecular weight excluding hydrogens is 272 g/mol. The molecule has 1 aliphatic heterocycles. The third-order valence-electron chi connectivity index (χ3n) is 3.30. The van der Waals surface area contributed by atoms with Gasteiger partial charge in [0.15, 0.2) is 0 Å². The average molecular weight is 288 g/mol. The molecule has 0 saturated heterocycles. The van der Waals surface area contributed by atoms with E-state index in [0.717, 1.165) is 17.7 Å². The van der Waals surface area contributed by atoms with Crippen molar-refractivity contribution in [1.29, 1.82) is 0 Å². The molecule has 0 saturated carbocycles. The van der Waals surface area contributed by atoms with Gasteiger partial charge in [-0.25, -0.2) is 4.79 Å². The highest BCUT2D eigenvalue weighted by Crippen LogP contribution is 2.35. The Bertz CT molecular complexity index is 583. The molecule has 4 nitrogen and oxygen atoms in total. The quantitative estimate of drug-likeness (QED) is 0.911. The van der Waals surface area contributed by atoms with E-state index >= 15 is 0 Å². The number of nitrogens with one attached hydrogen (secondary N) is 2. The molecule has 1 aliphatic rings. The van der Waals surface area contributed by atoms with Crippen molar-refractivity contribution >= 4 is 17.8 Å². The van der Waals surface area contributed by atoms with Crippen LogP contribution in [0.25, 0.3) is 0 Å². The van der Waals surface area contributed by atoms with E-state index in [2.05, 4.69) is 22.8 Å². The summed E-state index contributed by atoms with van der Waals surface area (Å²) in [6.45, 7) is 0.478. The molecule has 104 valence electrons. The smallest absolute Gasteiger partial charge is 0.315 e. The zero-order chi connectivity index (χ0) is 13.8. The molecule has 5 heteroatoms. The predicted molar refractivity (Wildman–Crippen MR) is 78.6 cm³/mol. The largest absolute Gasteiger partial charge is 0.472 e. The number of hydrogen-bond acceptors (Lipinski definition) is 3. The van der Waals surface area contributed by atoms with Gasteiger partial charge in [0.1, 0.15) is 0 Å². The first-order valence-electron chi connectivity index (χ1n) is 6.60. The van der Waals surface area contributed by atoms with Crippen LogP contribution in [-0.4, -0.2) is 11.8 Å². The number of carbonyl (C=O) groups excluding carboxylic acids is 1. The maximum absolute atomic E-state index is 12.0. The second kappa shape index (κ2) is 6.05. The van der Waals surface area contributed by atoms with Crippen LogP contribution < -0.4 is 10.6 Å². The van der Waals surface area contributed by atoms with Crippen molar-refractivity contribution < 1.29 is 9.21 Å². The summed E-state index contributed by atoms with van der Waals surface area (Å²) in [5.74, 6) is 1.03. The van der Waals surface area contributed by atoms with Crippen molar-refractivity contribution in [3.63, 3.8) is 0 Å². The first kappa shape index (κ1) is 13.1. The summed E-state index contributed by atoms with van der Waals surface area (Å²) in [5.41, 5.74) is 2.17. The summed E-state index contributed by atoms with van der Waals surface area (Å²) in [4.78, 5) is 13.2. The molecule has 0 aliphatic carbocycles. The summed E-state index contributed by atoms with van der Waals surface area (Å²) in [7, 11) is 0. The van der Waals surface area contributed by atoms with Crippen LogP contribution in [0.3, 0.4) is 0 Å². The third kappa shape index (κ3) is 2.99. The maximum Gasteiger partial charge on any atom is 0.315 e. The maximum atomic E-state index is 12.0. The minimum atomic E-state index is -0.141. The van der Waals surface area contributed by atoms with Crippen LogP contribution in [0.1, 0.15) is 23.6 Å². The molecule has 0 fully saturated rings. The molecule has 0 unspecified atom stereocenters. The number of hydrogen-bond donors (Lipinski definition) is 2. The number of furan rings is 1. The molecule has 1 atom stereocenters. The number of fused-ring (bicyclic) bond motifs is 1.